The number of hydrogen-bond donors (Lipinski definition) is 8. The van der Waals surface area contributed by atoms with Crippen molar-refractivity contribution in [2.75, 3.05) is 46.2 Å². The predicted octanol–water partition coefficient (Wildman–Crippen LogP) is -0.117. The second kappa shape index (κ2) is 33.5. The zero-order valence-electron chi connectivity index (χ0n) is 31.9. The van der Waals surface area contributed by atoms with Crippen LogP contribution in [0.4, 0.5) is 0 Å². The zero-order valence-corrected chi connectivity index (χ0v) is 35.5. The lowest BCUT2D eigenvalue weighted by molar-refractivity contribution is -0.186. The number of hydrogen-bond acceptors (Lipinski definition) is 20. The highest BCUT2D eigenvalue weighted by Crippen LogP contribution is 2.21. The summed E-state index contributed by atoms with van der Waals surface area (Å²) in [7, 11) is 0. The summed E-state index contributed by atoms with van der Waals surface area (Å²) >= 11 is 14.6. The molecule has 0 aliphatic carbocycles. The van der Waals surface area contributed by atoms with Gasteiger partial charge in [0, 0.05) is 64.2 Å². The van der Waals surface area contributed by atoms with Crippen LogP contribution in [0.2, 0.25) is 0 Å². The van der Waals surface area contributed by atoms with Crippen molar-refractivity contribution in [3.05, 3.63) is 12.8 Å². The average molecular weight is 901 g/mol. The van der Waals surface area contributed by atoms with Crippen molar-refractivity contribution in [1.29, 1.82) is 0 Å². The Morgan fingerprint density at radius 2 is 0.776 bits per heavy atom. The van der Waals surface area contributed by atoms with Crippen LogP contribution in [0.1, 0.15) is 71.1 Å². The van der Waals surface area contributed by atoms with E-state index in [-0.39, 0.29) is 70.0 Å². The van der Waals surface area contributed by atoms with Crippen LogP contribution >= 0.6 is 51.3 Å². The van der Waals surface area contributed by atoms with Gasteiger partial charge in [-0.25, -0.2) is 0 Å². The first kappa shape index (κ1) is 54.6. The summed E-state index contributed by atoms with van der Waals surface area (Å²) in [4.78, 5) is 122. The quantitative estimate of drug-likeness (QED) is 0.0298. The van der Waals surface area contributed by atoms with Crippen LogP contribution in [0.25, 0.3) is 0 Å². The van der Waals surface area contributed by atoms with E-state index in [1.165, 1.54) is 6.92 Å². The summed E-state index contributed by atoms with van der Waals surface area (Å²) in [6, 6.07) is 0. The number of amides is 4. The van der Waals surface area contributed by atoms with Crippen LogP contribution in [0.15, 0.2) is 12.8 Å². The first-order valence-corrected chi connectivity index (χ1v) is 19.5. The minimum Gasteiger partial charge on any atom is -0.493 e. The van der Waals surface area contributed by atoms with Crippen LogP contribution < -0.4 is 18.9 Å². The van der Waals surface area contributed by atoms with Crippen molar-refractivity contribution < 1.29 is 76.4 Å². The molecular formula is C34H52N4O16S4. The van der Waals surface area contributed by atoms with E-state index < -0.39 is 123 Å². The summed E-state index contributed by atoms with van der Waals surface area (Å²) < 4.78 is 43.3. The van der Waals surface area contributed by atoms with Crippen LogP contribution in [-0.2, 0) is 76.4 Å². The molecule has 0 aromatic rings. The molecule has 0 radical (unpaired) electrons. The van der Waals surface area contributed by atoms with Gasteiger partial charge in [-0.2, -0.15) is 0 Å². The number of carbonyl (C=O) groups excluding carboxylic acids is 10. The van der Waals surface area contributed by atoms with E-state index in [1.54, 1.807) is 0 Å². The Hall–Kier alpha value is -3.36. The molecule has 0 bridgehead atoms. The third-order valence-electron chi connectivity index (χ3n) is 7.53. The van der Waals surface area contributed by atoms with Crippen LogP contribution in [0.5, 0.6) is 0 Å². The Labute approximate surface area is 358 Å². The van der Waals surface area contributed by atoms with Crippen LogP contribution in [0, 0.1) is 0 Å². The Balaban J connectivity index is 6.82. The molecule has 0 fully saturated rings. The molecule has 24 heteroatoms. The maximum absolute atomic E-state index is 12.9. The van der Waals surface area contributed by atoms with Crippen molar-refractivity contribution in [2.45, 2.75) is 95.5 Å². The third-order valence-corrected chi connectivity index (χ3v) is 8.53. The van der Waals surface area contributed by atoms with E-state index in [9.17, 15) is 47.9 Å². The van der Waals surface area contributed by atoms with E-state index in [0.717, 1.165) is 6.26 Å². The predicted molar refractivity (Wildman–Crippen MR) is 216 cm³/mol. The number of carbonyl (C=O) groups is 10. The summed E-state index contributed by atoms with van der Waals surface area (Å²) in [5, 5.41) is 0. The highest BCUT2D eigenvalue weighted by Gasteiger charge is 2.40. The standard InChI is InChI=1S/C34H52N4O16S4/c1-3-51-33(27(52-17-25(43)8-12-31(47)37-57)19-49-14-22(40)6-10-29(45)35-55)34(54-18-26(44)9-13-32(48)38-58)28(53-16-24(42)5-4-21(2)39)20-50-15-23(41)7-11-30(46)36-56/h3,27-28,33-34,55-58H,1,4-20H2,2H3,(H,35,45)(H,36,46)(H,37,47)(H,38,48). The molecule has 4 N–H and O–H groups in total. The van der Waals surface area contributed by atoms with Gasteiger partial charge >= 0.3 is 0 Å². The van der Waals surface area contributed by atoms with Gasteiger partial charge in [-0.1, -0.05) is 57.8 Å². The molecule has 0 saturated carbocycles. The fraction of sp³-hybridized carbons (Fsp3) is 0.647. The molecule has 20 nitrogen and oxygen atoms in total. The summed E-state index contributed by atoms with van der Waals surface area (Å²) in [6.07, 6.45) is -6.86. The van der Waals surface area contributed by atoms with Gasteiger partial charge in [0.1, 0.15) is 57.1 Å². The Bertz CT molecular complexity index is 1410. The van der Waals surface area contributed by atoms with Gasteiger partial charge in [-0.05, 0) is 6.92 Å². The Morgan fingerprint density at radius 3 is 1.10 bits per heavy atom. The lowest BCUT2D eigenvalue weighted by atomic mass is 10.0. The van der Waals surface area contributed by atoms with Crippen molar-refractivity contribution in [2.24, 2.45) is 0 Å². The fourth-order valence-electron chi connectivity index (χ4n) is 4.46. The summed E-state index contributed by atoms with van der Waals surface area (Å²) in [6.45, 7) is 0.857. The van der Waals surface area contributed by atoms with Gasteiger partial charge in [-0.15, -0.1) is 0 Å². The van der Waals surface area contributed by atoms with Gasteiger partial charge in [0.05, 0.1) is 19.5 Å². The minimum atomic E-state index is -1.50. The molecule has 0 aliphatic heterocycles. The molecule has 58 heavy (non-hydrogen) atoms. The number of rotatable bonds is 37. The maximum atomic E-state index is 12.9. The van der Waals surface area contributed by atoms with Crippen LogP contribution in [0.3, 0.4) is 0 Å². The second-order valence-corrected chi connectivity index (χ2v) is 13.2. The lowest BCUT2D eigenvalue weighted by Crippen LogP contribution is -2.53. The summed E-state index contributed by atoms with van der Waals surface area (Å²) in [5.74, 6) is -5.03. The molecule has 0 aromatic carbocycles. The highest BCUT2D eigenvalue weighted by atomic mass is 32.1. The van der Waals surface area contributed by atoms with Gasteiger partial charge in [0.25, 0.3) is 0 Å². The lowest BCUT2D eigenvalue weighted by Gasteiger charge is -2.36. The summed E-state index contributed by atoms with van der Waals surface area (Å²) in [5.41, 5.74) is 0. The SMILES string of the molecule is C=COC(C(COCC(=O)CCC(=O)NS)OCC(=O)CCC(=O)NS)C(OCC(=O)CCC(=O)NS)C(COCC(=O)CCC(=O)NS)OCC(=O)CCC(C)=O. The molecule has 0 heterocycles. The molecule has 4 unspecified atom stereocenters. The van der Waals surface area contributed by atoms with Crippen LogP contribution in [-0.4, -0.2) is 129 Å². The molecule has 4 atom stereocenters. The minimum absolute atomic E-state index is 0.0802. The van der Waals surface area contributed by atoms with E-state index in [4.69, 9.17) is 28.4 Å². The first-order chi connectivity index (χ1) is 27.6. The molecule has 0 aliphatic rings. The van der Waals surface area contributed by atoms with Crippen molar-refractivity contribution in [1.82, 2.24) is 18.9 Å². The number of ether oxygens (including phenoxy) is 6. The van der Waals surface area contributed by atoms with Gasteiger partial charge < -0.3 is 52.1 Å². The molecule has 0 rings (SSSR count). The smallest absolute Gasteiger partial charge is 0.230 e. The van der Waals surface area contributed by atoms with Crippen molar-refractivity contribution >= 4 is 110 Å². The highest BCUT2D eigenvalue weighted by molar-refractivity contribution is 7.79. The largest absolute Gasteiger partial charge is 0.493 e. The average Bonchev–Trinajstić information content (AvgIpc) is 3.21. The van der Waals surface area contributed by atoms with E-state index in [1.807, 2.05) is 0 Å². The van der Waals surface area contributed by atoms with Gasteiger partial charge in [0.15, 0.2) is 35.0 Å². The van der Waals surface area contributed by atoms with E-state index in [2.05, 4.69) is 76.7 Å². The normalized spacial score (nSPS) is 12.8. The topological polar surface area (TPSA) is 274 Å². The number of Topliss-reactive ketones (excluding diaryl/α,β-unsaturated/α-hetero) is 6. The number of ketones is 6. The fourth-order valence-corrected chi connectivity index (χ4v) is 4.90. The zero-order chi connectivity index (χ0) is 43.9. The molecule has 328 valence electrons. The monoisotopic (exact) mass is 900 g/mol. The molecule has 0 spiro atoms. The van der Waals surface area contributed by atoms with E-state index >= 15 is 0 Å². The molecular weight excluding hydrogens is 849 g/mol. The van der Waals surface area contributed by atoms with E-state index in [0.29, 0.717) is 0 Å². The molecule has 4 amide bonds. The number of nitrogens with one attached hydrogen (secondary N) is 4. The molecule has 0 aromatic heterocycles. The Morgan fingerprint density at radius 1 is 0.466 bits per heavy atom. The maximum Gasteiger partial charge on any atom is 0.230 e. The second-order valence-electron chi connectivity index (χ2n) is 12.3. The first-order valence-electron chi connectivity index (χ1n) is 17.7. The van der Waals surface area contributed by atoms with Crippen molar-refractivity contribution in [3.63, 3.8) is 0 Å². The third kappa shape index (κ3) is 27.4. The van der Waals surface area contributed by atoms with Gasteiger partial charge in [-0.3, -0.25) is 43.2 Å². The Kier molecular flexibility index (Phi) is 31.5. The van der Waals surface area contributed by atoms with Gasteiger partial charge in [0.2, 0.25) is 23.6 Å². The number of thiol groups is 4. The molecule has 0 saturated heterocycles. The van der Waals surface area contributed by atoms with Crippen molar-refractivity contribution in [3.8, 4) is 0 Å².